The number of nitrogens with one attached hydrogen (secondary N) is 1. The van der Waals surface area contributed by atoms with Crippen LogP contribution in [0.15, 0.2) is 18.2 Å². The molecule has 0 bridgehead atoms. The van der Waals surface area contributed by atoms with Crippen LogP contribution in [0.4, 0.5) is 10.8 Å². The van der Waals surface area contributed by atoms with Crippen molar-refractivity contribution >= 4 is 34.0 Å². The number of aromatic nitrogens is 2. The average molecular weight is 402 g/mol. The number of carbonyl (C=O) groups is 2. The number of amides is 2. The lowest BCUT2D eigenvalue weighted by Crippen LogP contribution is -2.28. The van der Waals surface area contributed by atoms with E-state index in [9.17, 15) is 9.59 Å². The van der Waals surface area contributed by atoms with Gasteiger partial charge in [0.1, 0.15) is 16.5 Å². The maximum absolute atomic E-state index is 12.7. The van der Waals surface area contributed by atoms with E-state index >= 15 is 0 Å². The van der Waals surface area contributed by atoms with Crippen LogP contribution in [-0.2, 0) is 9.59 Å². The van der Waals surface area contributed by atoms with Crippen molar-refractivity contribution < 1.29 is 19.1 Å². The average Bonchev–Trinajstić information content (AvgIpc) is 3.26. The highest BCUT2D eigenvalue weighted by molar-refractivity contribution is 7.15. The fourth-order valence-corrected chi connectivity index (χ4v) is 4.35. The number of anilines is 2. The number of hydrogen-bond acceptors (Lipinski definition) is 7. The molecule has 2 amide bonds. The minimum atomic E-state index is -0.449. The number of ether oxygens (including phenoxy) is 2. The topological polar surface area (TPSA) is 93.6 Å². The van der Waals surface area contributed by atoms with Crippen LogP contribution in [0.1, 0.15) is 36.6 Å². The summed E-state index contributed by atoms with van der Waals surface area (Å²) in [6.07, 6.45) is 3.65. The maximum atomic E-state index is 12.7. The van der Waals surface area contributed by atoms with Gasteiger partial charge in [-0.3, -0.25) is 9.59 Å². The van der Waals surface area contributed by atoms with E-state index in [4.69, 9.17) is 9.47 Å². The minimum absolute atomic E-state index is 0.115. The van der Waals surface area contributed by atoms with Gasteiger partial charge < -0.3 is 19.7 Å². The number of benzene rings is 1. The van der Waals surface area contributed by atoms with Gasteiger partial charge in [-0.1, -0.05) is 17.8 Å². The van der Waals surface area contributed by atoms with Crippen LogP contribution in [-0.4, -0.2) is 42.8 Å². The second kappa shape index (κ2) is 7.75. The summed E-state index contributed by atoms with van der Waals surface area (Å²) in [7, 11) is 3.11. The molecule has 1 aliphatic heterocycles. The summed E-state index contributed by atoms with van der Waals surface area (Å²) in [5.41, 5.74) is 0.631. The summed E-state index contributed by atoms with van der Waals surface area (Å²) in [5, 5.41) is 12.6. The Bertz CT molecular complexity index is 896. The van der Waals surface area contributed by atoms with Crippen LogP contribution in [0.2, 0.25) is 0 Å². The second-order valence-electron chi connectivity index (χ2n) is 7.01. The van der Waals surface area contributed by atoms with Gasteiger partial charge in [-0.25, -0.2) is 0 Å². The van der Waals surface area contributed by atoms with E-state index in [-0.39, 0.29) is 18.2 Å². The zero-order chi connectivity index (χ0) is 19.7. The van der Waals surface area contributed by atoms with Crippen molar-refractivity contribution in [3.05, 3.63) is 23.2 Å². The van der Waals surface area contributed by atoms with Gasteiger partial charge in [0.05, 0.1) is 25.8 Å². The molecule has 1 saturated carbocycles. The highest BCUT2D eigenvalue weighted by Gasteiger charge is 2.37. The molecule has 2 aromatic rings. The molecule has 1 aliphatic carbocycles. The molecule has 2 fully saturated rings. The maximum Gasteiger partial charge on any atom is 0.231 e. The van der Waals surface area contributed by atoms with Crippen molar-refractivity contribution in [1.29, 1.82) is 0 Å². The predicted molar refractivity (Wildman–Crippen MR) is 105 cm³/mol. The summed E-state index contributed by atoms with van der Waals surface area (Å²) in [6.45, 7) is 0.293. The first-order valence-electron chi connectivity index (χ1n) is 9.25. The number of carbonyl (C=O) groups excluding carboxylic acids is 2. The Morgan fingerprint density at radius 3 is 2.75 bits per heavy atom. The molecule has 148 valence electrons. The molecule has 0 spiro atoms. The SMILES string of the molecule is COc1ccc(N2C[C@H](C(=O)Nc3nnc(C4CCC4)s3)CC2=O)c(OC)c1. The third-order valence-electron chi connectivity index (χ3n) is 5.30. The highest BCUT2D eigenvalue weighted by atomic mass is 32.1. The van der Waals surface area contributed by atoms with Gasteiger partial charge in [0.25, 0.3) is 0 Å². The van der Waals surface area contributed by atoms with E-state index in [1.165, 1.54) is 24.9 Å². The van der Waals surface area contributed by atoms with E-state index < -0.39 is 5.92 Å². The molecule has 4 rings (SSSR count). The smallest absolute Gasteiger partial charge is 0.231 e. The summed E-state index contributed by atoms with van der Waals surface area (Å²) in [6, 6.07) is 5.26. The predicted octanol–water partition coefficient (Wildman–Crippen LogP) is 2.81. The number of nitrogens with zero attached hydrogens (tertiary/aromatic N) is 3. The van der Waals surface area contributed by atoms with Gasteiger partial charge in [0.2, 0.25) is 16.9 Å². The zero-order valence-electron chi connectivity index (χ0n) is 15.8. The van der Waals surface area contributed by atoms with E-state index in [1.54, 1.807) is 30.2 Å². The Hall–Kier alpha value is -2.68. The molecule has 0 radical (unpaired) electrons. The first kappa shape index (κ1) is 18.7. The molecule has 1 aromatic heterocycles. The molecule has 0 unspecified atom stereocenters. The number of rotatable bonds is 6. The van der Waals surface area contributed by atoms with Crippen LogP contribution in [0.3, 0.4) is 0 Å². The fourth-order valence-electron chi connectivity index (χ4n) is 3.44. The number of hydrogen-bond donors (Lipinski definition) is 1. The van der Waals surface area contributed by atoms with Crippen LogP contribution in [0, 0.1) is 5.92 Å². The first-order valence-corrected chi connectivity index (χ1v) is 10.1. The van der Waals surface area contributed by atoms with Crippen LogP contribution < -0.4 is 19.7 Å². The van der Waals surface area contributed by atoms with Crippen LogP contribution >= 0.6 is 11.3 Å². The normalized spacial score (nSPS) is 19.4. The summed E-state index contributed by atoms with van der Waals surface area (Å²) in [5.74, 6) is 0.878. The minimum Gasteiger partial charge on any atom is -0.497 e. The molecular formula is C19H22N4O4S. The summed E-state index contributed by atoms with van der Waals surface area (Å²) >= 11 is 1.43. The van der Waals surface area contributed by atoms with Gasteiger partial charge in [-0.2, -0.15) is 0 Å². The van der Waals surface area contributed by atoms with Crippen LogP contribution in [0.25, 0.3) is 0 Å². The third-order valence-corrected chi connectivity index (χ3v) is 6.30. The van der Waals surface area contributed by atoms with Gasteiger partial charge in [-0.15, -0.1) is 10.2 Å². The summed E-state index contributed by atoms with van der Waals surface area (Å²) < 4.78 is 10.6. The molecule has 2 aliphatic rings. The standard InChI is InChI=1S/C19H22N4O4S/c1-26-13-6-7-14(15(9-13)27-2)23-10-12(8-16(23)24)17(25)20-19-22-21-18(28-19)11-4-3-5-11/h6-7,9,11-12H,3-5,8,10H2,1-2H3,(H,20,22,25)/t12-/m1/s1. The molecule has 1 aromatic carbocycles. The first-order chi connectivity index (χ1) is 13.6. The van der Waals surface area contributed by atoms with Crippen LogP contribution in [0.5, 0.6) is 11.5 Å². The molecule has 1 saturated heterocycles. The largest absolute Gasteiger partial charge is 0.497 e. The Morgan fingerprint density at radius 1 is 1.25 bits per heavy atom. The van der Waals surface area contributed by atoms with E-state index in [1.807, 2.05) is 0 Å². The second-order valence-corrected chi connectivity index (χ2v) is 8.01. The lowest BCUT2D eigenvalue weighted by atomic mass is 9.86. The fraction of sp³-hybridized carbons (Fsp3) is 0.474. The van der Waals surface area contributed by atoms with Crippen molar-refractivity contribution in [1.82, 2.24) is 10.2 Å². The number of methoxy groups -OCH3 is 2. The molecule has 2 heterocycles. The van der Waals surface area contributed by atoms with Gasteiger partial charge in [-0.05, 0) is 25.0 Å². The Labute approximate surface area is 166 Å². The summed E-state index contributed by atoms with van der Waals surface area (Å²) in [4.78, 5) is 26.8. The van der Waals surface area contributed by atoms with Gasteiger partial charge >= 0.3 is 0 Å². The molecule has 1 atom stereocenters. The van der Waals surface area contributed by atoms with E-state index in [0.29, 0.717) is 34.8 Å². The highest BCUT2D eigenvalue weighted by Crippen LogP contribution is 2.39. The molecule has 8 nitrogen and oxygen atoms in total. The van der Waals surface area contributed by atoms with Crippen molar-refractivity contribution in [2.45, 2.75) is 31.6 Å². The van der Waals surface area contributed by atoms with Gasteiger partial charge in [0.15, 0.2) is 0 Å². The van der Waals surface area contributed by atoms with E-state index in [2.05, 4.69) is 15.5 Å². The van der Waals surface area contributed by atoms with Crippen molar-refractivity contribution in [2.75, 3.05) is 31.0 Å². The molecule has 28 heavy (non-hydrogen) atoms. The Balaban J connectivity index is 1.44. The van der Waals surface area contributed by atoms with E-state index in [0.717, 1.165) is 17.8 Å². The van der Waals surface area contributed by atoms with Gasteiger partial charge in [0, 0.05) is 24.9 Å². The Morgan fingerprint density at radius 2 is 2.07 bits per heavy atom. The Kier molecular flexibility index (Phi) is 5.17. The van der Waals surface area contributed by atoms with Crippen molar-refractivity contribution in [3.63, 3.8) is 0 Å². The monoisotopic (exact) mass is 402 g/mol. The zero-order valence-corrected chi connectivity index (χ0v) is 16.6. The quantitative estimate of drug-likeness (QED) is 0.799. The van der Waals surface area contributed by atoms with Crippen molar-refractivity contribution in [2.24, 2.45) is 5.92 Å². The molecule has 9 heteroatoms. The third kappa shape index (κ3) is 3.54. The lowest BCUT2D eigenvalue weighted by molar-refractivity contribution is -0.122. The molecular weight excluding hydrogens is 380 g/mol. The van der Waals surface area contributed by atoms with Crippen molar-refractivity contribution in [3.8, 4) is 11.5 Å². The molecule has 1 N–H and O–H groups in total. The lowest BCUT2D eigenvalue weighted by Gasteiger charge is -2.21.